The molecule has 1 aliphatic heterocycles. The highest BCUT2D eigenvalue weighted by Gasteiger charge is 2.15. The van der Waals surface area contributed by atoms with Gasteiger partial charge in [-0.3, -0.25) is 0 Å². The van der Waals surface area contributed by atoms with Crippen molar-refractivity contribution in [3.8, 4) is 0 Å². The third kappa shape index (κ3) is 1.45. The van der Waals surface area contributed by atoms with Crippen molar-refractivity contribution in [2.24, 2.45) is 0 Å². The van der Waals surface area contributed by atoms with Gasteiger partial charge in [0.25, 0.3) is 0 Å². The molecule has 1 atom stereocenters. The van der Waals surface area contributed by atoms with Crippen LogP contribution in [0.5, 0.6) is 0 Å². The number of fused-ring (bicyclic) bond motifs is 1. The van der Waals surface area contributed by atoms with Crippen molar-refractivity contribution in [1.82, 2.24) is 4.72 Å². The third-order valence-corrected chi connectivity index (χ3v) is 2.77. The number of hydrogen-bond donors (Lipinski definition) is 1. The maximum absolute atomic E-state index is 11.1. The summed E-state index contributed by atoms with van der Waals surface area (Å²) in [4.78, 5) is 0.933. The molecule has 0 saturated carbocycles. The minimum atomic E-state index is -0.948. The molecule has 60 valence electrons. The summed E-state index contributed by atoms with van der Waals surface area (Å²) in [6.45, 7) is 0.739. The molecular weight excluding hydrogens is 182 g/mol. The van der Waals surface area contributed by atoms with Gasteiger partial charge in [-0.15, -0.1) is 12.4 Å². The van der Waals surface area contributed by atoms with Gasteiger partial charge in [0, 0.05) is 6.54 Å². The second-order valence-electron chi connectivity index (χ2n) is 2.20. The zero-order valence-electron chi connectivity index (χ0n) is 5.74. The molecule has 11 heavy (non-hydrogen) atoms. The van der Waals surface area contributed by atoms with Crippen LogP contribution in [0.3, 0.4) is 0 Å². The highest BCUT2D eigenvalue weighted by atomic mass is 35.5. The van der Waals surface area contributed by atoms with Crippen LogP contribution in [-0.2, 0) is 17.5 Å². The quantitative estimate of drug-likeness (QED) is 0.654. The van der Waals surface area contributed by atoms with Gasteiger partial charge in [0.05, 0.1) is 4.90 Å². The minimum absolute atomic E-state index is 0. The topological polar surface area (TPSA) is 29.1 Å². The van der Waals surface area contributed by atoms with E-state index >= 15 is 0 Å². The third-order valence-electron chi connectivity index (χ3n) is 1.57. The molecule has 1 aliphatic rings. The molecule has 2 nitrogen and oxygen atoms in total. The first-order chi connectivity index (χ1) is 4.88. The summed E-state index contributed by atoms with van der Waals surface area (Å²) < 4.78 is 13.9. The molecule has 0 aromatic heterocycles. The Morgan fingerprint density at radius 3 is 2.82 bits per heavy atom. The SMILES string of the molecule is Cl.O=S1NCc2ccccc21. The van der Waals surface area contributed by atoms with Crippen LogP contribution in [0.2, 0.25) is 0 Å². The fourth-order valence-corrected chi connectivity index (χ4v) is 2.07. The Bertz CT molecular complexity index is 290. The van der Waals surface area contributed by atoms with Crippen molar-refractivity contribution in [2.75, 3.05) is 0 Å². The Morgan fingerprint density at radius 1 is 1.36 bits per heavy atom. The van der Waals surface area contributed by atoms with Crippen molar-refractivity contribution in [3.63, 3.8) is 0 Å². The summed E-state index contributed by atoms with van der Waals surface area (Å²) in [7, 11) is -0.948. The van der Waals surface area contributed by atoms with Crippen LogP contribution < -0.4 is 4.72 Å². The molecule has 1 aromatic rings. The molecule has 0 fully saturated rings. The standard InChI is InChI=1S/C7H7NOS.ClH/c9-10-7-4-2-1-3-6(7)5-8-10;/h1-4,8H,5H2;1H. The van der Waals surface area contributed by atoms with Crippen LogP contribution in [0.15, 0.2) is 29.2 Å². The fraction of sp³-hybridized carbons (Fsp3) is 0.143. The molecule has 4 heteroatoms. The fourth-order valence-electron chi connectivity index (χ4n) is 1.05. The van der Waals surface area contributed by atoms with Gasteiger partial charge in [-0.05, 0) is 11.6 Å². The Labute approximate surface area is 74.0 Å². The van der Waals surface area contributed by atoms with Gasteiger partial charge < -0.3 is 0 Å². The van der Waals surface area contributed by atoms with E-state index in [9.17, 15) is 4.21 Å². The van der Waals surface area contributed by atoms with Crippen LogP contribution in [0.1, 0.15) is 5.56 Å². The molecule has 0 bridgehead atoms. The Hall–Kier alpha value is -0.380. The first-order valence-electron chi connectivity index (χ1n) is 3.11. The lowest BCUT2D eigenvalue weighted by molar-refractivity contribution is 0.678. The van der Waals surface area contributed by atoms with Gasteiger partial charge >= 0.3 is 0 Å². The predicted molar refractivity (Wildman–Crippen MR) is 46.9 cm³/mol. The summed E-state index contributed by atoms with van der Waals surface area (Å²) >= 11 is 0. The molecule has 1 heterocycles. The molecule has 0 amide bonds. The summed E-state index contributed by atoms with van der Waals surface area (Å²) in [5.74, 6) is 0. The van der Waals surface area contributed by atoms with E-state index < -0.39 is 11.0 Å². The van der Waals surface area contributed by atoms with Gasteiger partial charge in [0.1, 0.15) is 11.0 Å². The Balaban J connectivity index is 0.000000605. The van der Waals surface area contributed by atoms with Crippen molar-refractivity contribution in [3.05, 3.63) is 29.8 Å². The average Bonchev–Trinajstić information content (AvgIpc) is 2.34. The summed E-state index contributed by atoms with van der Waals surface area (Å²) in [5.41, 5.74) is 1.15. The monoisotopic (exact) mass is 189 g/mol. The van der Waals surface area contributed by atoms with Crippen LogP contribution in [0, 0.1) is 0 Å². The number of halogens is 1. The Kier molecular flexibility index (Phi) is 2.65. The predicted octanol–water partition coefficient (Wildman–Crippen LogP) is 1.23. The number of benzene rings is 1. The second kappa shape index (κ2) is 3.34. The molecule has 0 saturated heterocycles. The summed E-state index contributed by atoms with van der Waals surface area (Å²) in [6.07, 6.45) is 0. The molecule has 1 N–H and O–H groups in total. The highest BCUT2D eigenvalue weighted by Crippen LogP contribution is 2.17. The van der Waals surface area contributed by atoms with E-state index in [0.29, 0.717) is 0 Å². The molecule has 0 aliphatic carbocycles. The van der Waals surface area contributed by atoms with E-state index in [1.165, 1.54) is 0 Å². The van der Waals surface area contributed by atoms with E-state index in [1.54, 1.807) is 0 Å². The average molecular weight is 190 g/mol. The maximum Gasteiger partial charge on any atom is 0.125 e. The van der Waals surface area contributed by atoms with Crippen LogP contribution >= 0.6 is 12.4 Å². The van der Waals surface area contributed by atoms with Gasteiger partial charge in [-0.1, -0.05) is 18.2 Å². The maximum atomic E-state index is 11.1. The molecular formula is C7H8ClNOS. The number of rotatable bonds is 0. The molecule has 1 aromatic carbocycles. The number of hydrogen-bond acceptors (Lipinski definition) is 1. The lowest BCUT2D eigenvalue weighted by atomic mass is 10.2. The summed E-state index contributed by atoms with van der Waals surface area (Å²) in [6, 6.07) is 7.76. The van der Waals surface area contributed by atoms with Crippen LogP contribution in [-0.4, -0.2) is 4.21 Å². The molecule has 2 rings (SSSR count). The van der Waals surface area contributed by atoms with Crippen LogP contribution in [0.25, 0.3) is 0 Å². The van der Waals surface area contributed by atoms with E-state index in [4.69, 9.17) is 0 Å². The molecule has 1 unspecified atom stereocenters. The Morgan fingerprint density at radius 2 is 2.09 bits per heavy atom. The molecule has 0 spiro atoms. The van der Waals surface area contributed by atoms with Crippen molar-refractivity contribution >= 4 is 23.4 Å². The van der Waals surface area contributed by atoms with Gasteiger partial charge in [0.2, 0.25) is 0 Å². The zero-order valence-corrected chi connectivity index (χ0v) is 7.37. The first-order valence-corrected chi connectivity index (χ1v) is 4.26. The number of nitrogens with one attached hydrogen (secondary N) is 1. The largest absolute Gasteiger partial charge is 0.237 e. The van der Waals surface area contributed by atoms with E-state index in [1.807, 2.05) is 24.3 Å². The van der Waals surface area contributed by atoms with Gasteiger partial charge in [-0.25, -0.2) is 8.93 Å². The lowest BCUT2D eigenvalue weighted by Gasteiger charge is -1.90. The van der Waals surface area contributed by atoms with Crippen LogP contribution in [0.4, 0.5) is 0 Å². The van der Waals surface area contributed by atoms with E-state index in [-0.39, 0.29) is 12.4 Å². The smallest absolute Gasteiger partial charge is 0.125 e. The van der Waals surface area contributed by atoms with E-state index in [2.05, 4.69) is 4.72 Å². The zero-order chi connectivity index (χ0) is 6.97. The minimum Gasteiger partial charge on any atom is -0.237 e. The van der Waals surface area contributed by atoms with Crippen molar-refractivity contribution in [2.45, 2.75) is 11.4 Å². The van der Waals surface area contributed by atoms with Crippen molar-refractivity contribution < 1.29 is 4.21 Å². The summed E-state index contributed by atoms with van der Waals surface area (Å²) in [5, 5.41) is 0. The first kappa shape index (κ1) is 8.71. The van der Waals surface area contributed by atoms with E-state index in [0.717, 1.165) is 17.0 Å². The second-order valence-corrected chi connectivity index (χ2v) is 3.46. The van der Waals surface area contributed by atoms with Gasteiger partial charge in [-0.2, -0.15) is 0 Å². The van der Waals surface area contributed by atoms with Gasteiger partial charge in [0.15, 0.2) is 0 Å². The highest BCUT2D eigenvalue weighted by molar-refractivity contribution is 7.83. The van der Waals surface area contributed by atoms with Crippen molar-refractivity contribution in [1.29, 1.82) is 0 Å². The molecule has 0 radical (unpaired) electrons. The normalized spacial score (nSPS) is 20.5. The lowest BCUT2D eigenvalue weighted by Crippen LogP contribution is -2.05.